The van der Waals surface area contributed by atoms with Crippen molar-refractivity contribution in [3.8, 4) is 0 Å². The van der Waals surface area contributed by atoms with Crippen molar-refractivity contribution in [3.05, 3.63) is 34.3 Å². The van der Waals surface area contributed by atoms with Crippen LogP contribution in [0.4, 0.5) is 0 Å². The molecule has 19 heavy (non-hydrogen) atoms. The number of rotatable bonds is 2. The molecule has 2 unspecified atom stereocenters. The number of aromatic amines is 1. The van der Waals surface area contributed by atoms with E-state index in [1.807, 2.05) is 0 Å². The molecule has 1 aliphatic heterocycles. The summed E-state index contributed by atoms with van der Waals surface area (Å²) >= 11 is 6.35. The number of nitrogens with one attached hydrogen (secondary N) is 1. The van der Waals surface area contributed by atoms with Crippen molar-refractivity contribution in [2.24, 2.45) is 5.92 Å². The van der Waals surface area contributed by atoms with Crippen molar-refractivity contribution in [1.82, 2.24) is 4.98 Å². The van der Waals surface area contributed by atoms with Crippen LogP contribution in [0.5, 0.6) is 0 Å². The predicted molar refractivity (Wildman–Crippen MR) is 72.2 cm³/mol. The van der Waals surface area contributed by atoms with Crippen molar-refractivity contribution in [2.75, 3.05) is 11.5 Å². The van der Waals surface area contributed by atoms with Gasteiger partial charge in [0.25, 0.3) is 0 Å². The lowest BCUT2D eigenvalue weighted by Gasteiger charge is -2.15. The van der Waals surface area contributed by atoms with Gasteiger partial charge in [-0.25, -0.2) is 13.2 Å². The summed E-state index contributed by atoms with van der Waals surface area (Å²) in [5, 5.41) is -0.387. The van der Waals surface area contributed by atoms with Crippen LogP contribution in [-0.2, 0) is 9.84 Å². The molecule has 2 aromatic rings. The summed E-state index contributed by atoms with van der Waals surface area (Å²) in [5.74, 6) is -0.282. The van der Waals surface area contributed by atoms with Gasteiger partial charge in [-0.1, -0.05) is 6.07 Å². The summed E-state index contributed by atoms with van der Waals surface area (Å²) in [6.07, 6.45) is 0.575. The lowest BCUT2D eigenvalue weighted by atomic mass is 9.98. The van der Waals surface area contributed by atoms with Crippen molar-refractivity contribution in [3.63, 3.8) is 0 Å². The Morgan fingerprint density at radius 1 is 1.42 bits per heavy atom. The Hall–Kier alpha value is -1.27. The van der Waals surface area contributed by atoms with Gasteiger partial charge in [0.2, 0.25) is 0 Å². The molecule has 1 aromatic heterocycles. The number of alkyl halides is 1. The first-order chi connectivity index (χ1) is 8.94. The quantitative estimate of drug-likeness (QED) is 0.858. The highest BCUT2D eigenvalue weighted by molar-refractivity contribution is 7.91. The van der Waals surface area contributed by atoms with Gasteiger partial charge < -0.3 is 4.42 Å². The first-order valence-electron chi connectivity index (χ1n) is 5.92. The van der Waals surface area contributed by atoms with Crippen molar-refractivity contribution in [2.45, 2.75) is 11.8 Å². The average Bonchev–Trinajstić information content (AvgIpc) is 2.88. The third kappa shape index (κ3) is 2.42. The minimum atomic E-state index is -2.95. The fourth-order valence-corrected chi connectivity index (χ4v) is 4.76. The number of hydrogen-bond acceptors (Lipinski definition) is 4. The van der Waals surface area contributed by atoms with E-state index in [1.54, 1.807) is 18.2 Å². The third-order valence-electron chi connectivity index (χ3n) is 3.45. The number of hydrogen-bond donors (Lipinski definition) is 1. The number of aromatic nitrogens is 1. The monoisotopic (exact) mass is 301 g/mol. The van der Waals surface area contributed by atoms with E-state index in [2.05, 4.69) is 4.98 Å². The standard InChI is InChI=1S/C12H12ClNO4S/c13-11(8-3-4-19(16,17)6-8)7-1-2-9-10(5-7)18-12(15)14-9/h1-2,5,8,11H,3-4,6H2,(H,14,15). The Kier molecular flexibility index (Phi) is 2.94. The van der Waals surface area contributed by atoms with Gasteiger partial charge in [-0.15, -0.1) is 11.6 Å². The van der Waals surface area contributed by atoms with Crippen molar-refractivity contribution < 1.29 is 12.8 Å². The van der Waals surface area contributed by atoms with Gasteiger partial charge in [-0.05, 0) is 30.0 Å². The molecule has 0 spiro atoms. The van der Waals surface area contributed by atoms with Crippen LogP contribution in [0.2, 0.25) is 0 Å². The Labute approximate surface area is 114 Å². The maximum absolute atomic E-state index is 11.5. The van der Waals surface area contributed by atoms with Gasteiger partial charge in [-0.3, -0.25) is 4.98 Å². The zero-order chi connectivity index (χ0) is 13.6. The largest absolute Gasteiger partial charge is 0.417 e. The van der Waals surface area contributed by atoms with E-state index in [-0.39, 0.29) is 22.8 Å². The minimum absolute atomic E-state index is 0.0882. The first kappa shape index (κ1) is 12.7. The smallest absolute Gasteiger partial charge is 0.408 e. The fourth-order valence-electron chi connectivity index (χ4n) is 2.46. The van der Waals surface area contributed by atoms with Crippen LogP contribution >= 0.6 is 11.6 Å². The Morgan fingerprint density at radius 2 is 2.21 bits per heavy atom. The van der Waals surface area contributed by atoms with Crippen molar-refractivity contribution in [1.29, 1.82) is 0 Å². The molecule has 3 rings (SSSR count). The molecule has 102 valence electrons. The second-order valence-electron chi connectivity index (χ2n) is 4.83. The Morgan fingerprint density at radius 3 is 2.89 bits per heavy atom. The number of sulfone groups is 1. The van der Waals surface area contributed by atoms with Gasteiger partial charge in [0.15, 0.2) is 15.4 Å². The topological polar surface area (TPSA) is 80.1 Å². The Balaban J connectivity index is 1.93. The lowest BCUT2D eigenvalue weighted by molar-refractivity contribution is 0.551. The highest BCUT2D eigenvalue weighted by Gasteiger charge is 2.33. The predicted octanol–water partition coefficient (Wildman–Crippen LogP) is 1.84. The van der Waals surface area contributed by atoms with Crippen molar-refractivity contribution >= 4 is 32.5 Å². The third-order valence-corrected chi connectivity index (χ3v) is 5.85. The number of benzene rings is 1. The van der Waals surface area contributed by atoms with Crippen LogP contribution < -0.4 is 5.76 Å². The summed E-state index contributed by atoms with van der Waals surface area (Å²) in [6, 6.07) is 5.20. The number of fused-ring (bicyclic) bond motifs is 1. The SMILES string of the molecule is O=c1[nH]c2ccc(C(Cl)C3CCS(=O)(=O)C3)cc2o1. The molecule has 0 saturated carbocycles. The zero-order valence-corrected chi connectivity index (χ0v) is 11.5. The van der Waals surface area contributed by atoms with E-state index in [1.165, 1.54) is 0 Å². The van der Waals surface area contributed by atoms with E-state index < -0.39 is 15.6 Å². The van der Waals surface area contributed by atoms with Gasteiger partial charge in [0.05, 0.1) is 22.4 Å². The summed E-state index contributed by atoms with van der Waals surface area (Å²) in [5.41, 5.74) is 1.82. The minimum Gasteiger partial charge on any atom is -0.408 e. The van der Waals surface area contributed by atoms with E-state index in [0.717, 1.165) is 5.56 Å². The molecule has 1 fully saturated rings. The zero-order valence-electron chi connectivity index (χ0n) is 9.93. The summed E-state index contributed by atoms with van der Waals surface area (Å²) in [6.45, 7) is 0. The maximum Gasteiger partial charge on any atom is 0.417 e. The summed E-state index contributed by atoms with van der Waals surface area (Å²) in [7, 11) is -2.95. The van der Waals surface area contributed by atoms with Crippen LogP contribution in [0.1, 0.15) is 17.4 Å². The average molecular weight is 302 g/mol. The van der Waals surface area contributed by atoms with Gasteiger partial charge >= 0.3 is 5.76 Å². The summed E-state index contributed by atoms with van der Waals surface area (Å²) in [4.78, 5) is 13.6. The fraction of sp³-hybridized carbons (Fsp3) is 0.417. The normalized spacial score (nSPS) is 23.7. The van der Waals surface area contributed by atoms with E-state index in [4.69, 9.17) is 16.0 Å². The maximum atomic E-state index is 11.5. The Bertz CT molecular complexity index is 776. The molecule has 0 aliphatic carbocycles. The molecule has 1 saturated heterocycles. The molecule has 0 amide bonds. The lowest BCUT2D eigenvalue weighted by Crippen LogP contribution is -2.10. The first-order valence-corrected chi connectivity index (χ1v) is 8.18. The number of halogens is 1. The molecule has 2 heterocycles. The van der Waals surface area contributed by atoms with E-state index in [9.17, 15) is 13.2 Å². The van der Waals surface area contributed by atoms with E-state index in [0.29, 0.717) is 17.5 Å². The molecular weight excluding hydrogens is 290 g/mol. The number of oxazole rings is 1. The molecule has 1 N–H and O–H groups in total. The van der Waals surface area contributed by atoms with Gasteiger partial charge in [-0.2, -0.15) is 0 Å². The summed E-state index contributed by atoms with van der Waals surface area (Å²) < 4.78 is 27.9. The molecule has 1 aliphatic rings. The second-order valence-corrected chi connectivity index (χ2v) is 7.53. The molecule has 7 heteroatoms. The van der Waals surface area contributed by atoms with Crippen LogP contribution in [0.25, 0.3) is 11.1 Å². The van der Waals surface area contributed by atoms with Crippen LogP contribution in [-0.4, -0.2) is 24.9 Å². The molecule has 0 radical (unpaired) electrons. The number of H-pyrrole nitrogens is 1. The molecule has 1 aromatic carbocycles. The van der Waals surface area contributed by atoms with Crippen LogP contribution in [0.3, 0.4) is 0 Å². The van der Waals surface area contributed by atoms with Crippen LogP contribution in [0, 0.1) is 5.92 Å². The molecular formula is C12H12ClNO4S. The molecule has 2 atom stereocenters. The van der Waals surface area contributed by atoms with Gasteiger partial charge in [0, 0.05) is 0 Å². The second kappa shape index (κ2) is 4.38. The van der Waals surface area contributed by atoms with Gasteiger partial charge in [0.1, 0.15) is 0 Å². The van der Waals surface area contributed by atoms with Crippen LogP contribution in [0.15, 0.2) is 27.4 Å². The van der Waals surface area contributed by atoms with E-state index >= 15 is 0 Å². The molecule has 5 nitrogen and oxygen atoms in total. The molecule has 0 bridgehead atoms. The highest BCUT2D eigenvalue weighted by Crippen LogP contribution is 2.36. The highest BCUT2D eigenvalue weighted by atomic mass is 35.5.